The van der Waals surface area contributed by atoms with Gasteiger partial charge in [0.15, 0.2) is 11.3 Å². The van der Waals surface area contributed by atoms with E-state index >= 15 is 0 Å². The van der Waals surface area contributed by atoms with Crippen LogP contribution < -0.4 is 5.32 Å². The number of unbranched alkanes of at least 4 members (excludes halogenated alkanes) is 1. The third-order valence-corrected chi connectivity index (χ3v) is 3.11. The number of benzene rings is 1. The van der Waals surface area contributed by atoms with Crippen LogP contribution >= 0.6 is 11.6 Å². The number of hydrogen-bond acceptors (Lipinski definition) is 3. The number of alkyl carbamates (subject to hydrolysis) is 1. The molecule has 0 bridgehead atoms. The van der Waals surface area contributed by atoms with Crippen LogP contribution in [0.4, 0.5) is 4.79 Å². The highest BCUT2D eigenvalue weighted by Gasteiger charge is 2.18. The van der Waals surface area contributed by atoms with Crippen molar-refractivity contribution >= 4 is 23.5 Å². The van der Waals surface area contributed by atoms with Crippen molar-refractivity contribution in [1.29, 1.82) is 0 Å². The molecular weight excluding hydrogens is 278 g/mol. The molecule has 1 rings (SSSR count). The second-order valence-corrected chi connectivity index (χ2v) is 4.88. The lowest BCUT2D eigenvalue weighted by molar-refractivity contribution is -0.119. The number of ketones is 1. The average molecular weight is 298 g/mol. The van der Waals surface area contributed by atoms with Crippen LogP contribution in [0.2, 0.25) is 0 Å². The highest BCUT2D eigenvalue weighted by Crippen LogP contribution is 2.06. The largest absolute Gasteiger partial charge is 0.450 e. The summed E-state index contributed by atoms with van der Waals surface area (Å²) in [5.74, 6) is -0.219. The minimum absolute atomic E-state index is 0.219. The Labute approximate surface area is 124 Å². The Kier molecular flexibility index (Phi) is 7.73. The van der Waals surface area contributed by atoms with Crippen molar-refractivity contribution in [2.45, 2.75) is 38.1 Å². The standard InChI is InChI=1S/C15H20ClNO3/c1-2-3-11-20-15(19)17-14(16)13(18)10-9-12-7-5-4-6-8-12/h4-8,14H,2-3,9-11H2,1H3,(H,17,19). The normalized spacial score (nSPS) is 11.7. The van der Waals surface area contributed by atoms with Gasteiger partial charge in [-0.2, -0.15) is 0 Å². The van der Waals surface area contributed by atoms with Gasteiger partial charge >= 0.3 is 6.09 Å². The van der Waals surface area contributed by atoms with Gasteiger partial charge in [0.2, 0.25) is 0 Å². The summed E-state index contributed by atoms with van der Waals surface area (Å²) in [6.07, 6.45) is 1.98. The molecule has 1 atom stereocenters. The fourth-order valence-electron chi connectivity index (χ4n) is 1.57. The minimum atomic E-state index is -1.03. The number of carbonyl (C=O) groups excluding carboxylic acids is 2. The van der Waals surface area contributed by atoms with Gasteiger partial charge in [0.05, 0.1) is 6.61 Å². The monoisotopic (exact) mass is 297 g/mol. The molecule has 5 heteroatoms. The van der Waals surface area contributed by atoms with Crippen LogP contribution in [-0.4, -0.2) is 24.0 Å². The molecule has 1 amide bonds. The molecule has 110 valence electrons. The average Bonchev–Trinajstić information content (AvgIpc) is 2.46. The molecule has 1 N–H and O–H groups in total. The van der Waals surface area contributed by atoms with Gasteiger partial charge in [-0.1, -0.05) is 55.3 Å². The maximum Gasteiger partial charge on any atom is 0.408 e. The van der Waals surface area contributed by atoms with Gasteiger partial charge in [-0.25, -0.2) is 4.79 Å². The number of alkyl halides is 1. The topological polar surface area (TPSA) is 55.4 Å². The molecule has 1 aromatic rings. The Balaban J connectivity index is 2.26. The van der Waals surface area contributed by atoms with Crippen LogP contribution in [0.25, 0.3) is 0 Å². The molecule has 0 aromatic heterocycles. The summed E-state index contributed by atoms with van der Waals surface area (Å²) in [4.78, 5) is 23.1. The van der Waals surface area contributed by atoms with Gasteiger partial charge < -0.3 is 4.74 Å². The Hall–Kier alpha value is -1.55. The number of ether oxygens (including phenoxy) is 1. The number of Topliss-reactive ketones (excluding diaryl/α,β-unsaturated/α-hetero) is 1. The van der Waals surface area contributed by atoms with Crippen LogP contribution in [0.3, 0.4) is 0 Å². The van der Waals surface area contributed by atoms with E-state index in [9.17, 15) is 9.59 Å². The maximum atomic E-state index is 11.8. The van der Waals surface area contributed by atoms with E-state index in [-0.39, 0.29) is 12.2 Å². The fraction of sp³-hybridized carbons (Fsp3) is 0.467. The van der Waals surface area contributed by atoms with E-state index in [1.165, 1.54) is 0 Å². The molecular formula is C15H20ClNO3. The Morgan fingerprint density at radius 3 is 2.65 bits per heavy atom. The van der Waals surface area contributed by atoms with Crippen LogP contribution in [0, 0.1) is 0 Å². The number of aryl methyl sites for hydroxylation is 1. The molecule has 0 saturated carbocycles. The molecule has 1 unspecified atom stereocenters. The predicted molar refractivity (Wildman–Crippen MR) is 78.8 cm³/mol. The summed E-state index contributed by atoms with van der Waals surface area (Å²) in [6, 6.07) is 9.65. The molecule has 20 heavy (non-hydrogen) atoms. The summed E-state index contributed by atoms with van der Waals surface area (Å²) < 4.78 is 4.88. The first-order chi connectivity index (χ1) is 9.63. The number of hydrogen-bond donors (Lipinski definition) is 1. The quantitative estimate of drug-likeness (QED) is 0.455. The van der Waals surface area contributed by atoms with Crippen molar-refractivity contribution in [3.05, 3.63) is 35.9 Å². The number of nitrogens with one attached hydrogen (secondary N) is 1. The lowest BCUT2D eigenvalue weighted by Gasteiger charge is -2.11. The summed E-state index contributed by atoms with van der Waals surface area (Å²) in [5.41, 5.74) is 0.0306. The molecule has 0 aliphatic heterocycles. The molecule has 0 aliphatic carbocycles. The van der Waals surface area contributed by atoms with Crippen LogP contribution in [0.1, 0.15) is 31.7 Å². The zero-order valence-electron chi connectivity index (χ0n) is 11.6. The van der Waals surface area contributed by atoms with Gasteiger partial charge in [-0.05, 0) is 18.4 Å². The zero-order chi connectivity index (χ0) is 14.8. The van der Waals surface area contributed by atoms with Crippen molar-refractivity contribution in [2.75, 3.05) is 6.61 Å². The lowest BCUT2D eigenvalue weighted by Crippen LogP contribution is -2.37. The van der Waals surface area contributed by atoms with Crippen molar-refractivity contribution in [2.24, 2.45) is 0 Å². The van der Waals surface area contributed by atoms with Crippen molar-refractivity contribution < 1.29 is 14.3 Å². The van der Waals surface area contributed by atoms with Gasteiger partial charge in [-0.3, -0.25) is 10.1 Å². The smallest absolute Gasteiger partial charge is 0.408 e. The van der Waals surface area contributed by atoms with E-state index in [1.807, 2.05) is 37.3 Å². The molecule has 0 saturated heterocycles. The van der Waals surface area contributed by atoms with Crippen LogP contribution in [-0.2, 0) is 16.0 Å². The van der Waals surface area contributed by atoms with Crippen molar-refractivity contribution in [3.63, 3.8) is 0 Å². The molecule has 1 aromatic carbocycles. The van der Waals surface area contributed by atoms with E-state index in [4.69, 9.17) is 16.3 Å². The molecule has 0 fully saturated rings. The van der Waals surface area contributed by atoms with Gasteiger partial charge in [-0.15, -0.1) is 0 Å². The SMILES string of the molecule is CCCCOC(=O)NC(Cl)C(=O)CCc1ccccc1. The summed E-state index contributed by atoms with van der Waals surface area (Å²) in [5, 5.41) is 2.33. The third kappa shape index (κ3) is 6.57. The third-order valence-electron chi connectivity index (χ3n) is 2.76. The van der Waals surface area contributed by atoms with E-state index in [0.29, 0.717) is 13.0 Å². The number of halogens is 1. The summed E-state index contributed by atoms with van der Waals surface area (Å²) >= 11 is 5.84. The lowest BCUT2D eigenvalue weighted by atomic mass is 10.1. The Bertz CT molecular complexity index is 422. The second kappa shape index (κ2) is 9.37. The molecule has 0 spiro atoms. The van der Waals surface area contributed by atoms with E-state index < -0.39 is 11.6 Å². The highest BCUT2D eigenvalue weighted by atomic mass is 35.5. The minimum Gasteiger partial charge on any atom is -0.450 e. The Morgan fingerprint density at radius 2 is 2.00 bits per heavy atom. The van der Waals surface area contributed by atoms with Crippen molar-refractivity contribution in [1.82, 2.24) is 5.32 Å². The maximum absolute atomic E-state index is 11.8. The van der Waals surface area contributed by atoms with E-state index in [2.05, 4.69) is 5.32 Å². The van der Waals surface area contributed by atoms with Gasteiger partial charge in [0.1, 0.15) is 0 Å². The molecule has 4 nitrogen and oxygen atoms in total. The first-order valence-corrected chi connectivity index (χ1v) is 7.21. The predicted octanol–water partition coefficient (Wildman–Crippen LogP) is 3.28. The Morgan fingerprint density at radius 1 is 1.30 bits per heavy atom. The number of rotatable bonds is 8. The molecule has 0 radical (unpaired) electrons. The molecule has 0 heterocycles. The first kappa shape index (κ1) is 16.5. The number of amides is 1. The van der Waals surface area contributed by atoms with Crippen LogP contribution in [0.15, 0.2) is 30.3 Å². The highest BCUT2D eigenvalue weighted by molar-refractivity contribution is 6.31. The number of carbonyl (C=O) groups is 2. The second-order valence-electron chi connectivity index (χ2n) is 4.45. The van der Waals surface area contributed by atoms with Gasteiger partial charge in [0, 0.05) is 6.42 Å². The van der Waals surface area contributed by atoms with Crippen LogP contribution in [0.5, 0.6) is 0 Å². The first-order valence-electron chi connectivity index (χ1n) is 6.77. The van der Waals surface area contributed by atoms with E-state index in [1.54, 1.807) is 0 Å². The van der Waals surface area contributed by atoms with E-state index in [0.717, 1.165) is 18.4 Å². The van der Waals surface area contributed by atoms with Gasteiger partial charge in [0.25, 0.3) is 0 Å². The molecule has 0 aliphatic rings. The van der Waals surface area contributed by atoms with Crippen molar-refractivity contribution in [3.8, 4) is 0 Å². The summed E-state index contributed by atoms with van der Waals surface area (Å²) in [7, 11) is 0. The zero-order valence-corrected chi connectivity index (χ0v) is 12.4. The fourth-order valence-corrected chi connectivity index (χ4v) is 1.77. The summed E-state index contributed by atoms with van der Waals surface area (Å²) in [6.45, 7) is 2.34.